The van der Waals surface area contributed by atoms with Crippen LogP contribution in [0.5, 0.6) is 0 Å². The first-order valence-corrected chi connectivity index (χ1v) is 14.3. The average molecular weight is 536 g/mol. The Morgan fingerprint density at radius 3 is 2.24 bits per heavy atom. The molecule has 0 fully saturated rings. The first-order valence-electron chi connectivity index (χ1n) is 13.7. The smallest absolute Gasteiger partial charge is 0.408 e. The van der Waals surface area contributed by atoms with E-state index in [4.69, 9.17) is 4.74 Å². The molecule has 37 heavy (non-hydrogen) atoms. The maximum Gasteiger partial charge on any atom is 0.408 e. The van der Waals surface area contributed by atoms with Gasteiger partial charge in [0, 0.05) is 18.8 Å². The normalized spacial score (nSPS) is 13.0. The minimum absolute atomic E-state index is 0.0847. The van der Waals surface area contributed by atoms with Gasteiger partial charge < -0.3 is 20.3 Å². The van der Waals surface area contributed by atoms with E-state index in [9.17, 15) is 14.4 Å². The second kappa shape index (κ2) is 16.6. The van der Waals surface area contributed by atoms with Crippen molar-refractivity contribution in [2.75, 3.05) is 18.8 Å². The quantitative estimate of drug-likeness (QED) is 0.193. The van der Waals surface area contributed by atoms with Gasteiger partial charge in [-0.3, -0.25) is 9.59 Å². The Labute approximate surface area is 229 Å². The van der Waals surface area contributed by atoms with Gasteiger partial charge in [0.25, 0.3) is 0 Å². The number of unbranched alkanes of at least 4 members (excludes halogenated alkanes) is 5. The van der Waals surface area contributed by atoms with Crippen molar-refractivity contribution in [3.05, 3.63) is 34.9 Å². The van der Waals surface area contributed by atoms with Gasteiger partial charge in [-0.15, -0.1) is 0 Å². The number of amides is 3. The monoisotopic (exact) mass is 535 g/mol. The van der Waals surface area contributed by atoms with Crippen molar-refractivity contribution in [2.45, 2.75) is 111 Å². The van der Waals surface area contributed by atoms with Crippen LogP contribution in [-0.4, -0.2) is 53.3 Å². The van der Waals surface area contributed by atoms with E-state index in [2.05, 4.69) is 37.1 Å². The molecule has 3 amide bonds. The van der Waals surface area contributed by atoms with Crippen LogP contribution in [0.25, 0.3) is 0 Å². The molecule has 1 aromatic carbocycles. The number of hydrogen-bond donors (Lipinski definition) is 3. The minimum atomic E-state index is -0.926. The molecular weight excluding hydrogens is 486 g/mol. The molecule has 2 atom stereocenters. The predicted octanol–water partition coefficient (Wildman–Crippen LogP) is 5.88. The maximum atomic E-state index is 14.0. The van der Waals surface area contributed by atoms with Crippen molar-refractivity contribution >= 4 is 30.5 Å². The van der Waals surface area contributed by atoms with E-state index in [0.717, 1.165) is 61.6 Å². The number of ether oxygens (including phenoxy) is 1. The molecular formula is C29H49N3O4S. The van der Waals surface area contributed by atoms with E-state index in [-0.39, 0.29) is 17.6 Å². The summed E-state index contributed by atoms with van der Waals surface area (Å²) in [6.07, 6.45) is 6.17. The van der Waals surface area contributed by atoms with Gasteiger partial charge in [-0.05, 0) is 58.6 Å². The summed E-state index contributed by atoms with van der Waals surface area (Å²) in [4.78, 5) is 41.8. The molecule has 2 N–H and O–H groups in total. The Morgan fingerprint density at radius 2 is 1.65 bits per heavy atom. The van der Waals surface area contributed by atoms with E-state index in [0.29, 0.717) is 13.1 Å². The van der Waals surface area contributed by atoms with Crippen LogP contribution in [0.4, 0.5) is 4.79 Å². The number of nitrogens with zero attached hydrogens (tertiary/aromatic N) is 1. The van der Waals surface area contributed by atoms with Crippen LogP contribution in [0.2, 0.25) is 0 Å². The lowest BCUT2D eigenvalue weighted by molar-refractivity contribution is -0.142. The number of benzene rings is 1. The Bertz CT molecular complexity index is 869. The molecule has 8 heteroatoms. The fourth-order valence-electron chi connectivity index (χ4n) is 4.08. The molecule has 0 aromatic heterocycles. The summed E-state index contributed by atoms with van der Waals surface area (Å²) < 4.78 is 5.38. The van der Waals surface area contributed by atoms with Gasteiger partial charge in [0.2, 0.25) is 11.8 Å². The zero-order valence-electron chi connectivity index (χ0n) is 24.0. The molecule has 1 aromatic rings. The fraction of sp³-hybridized carbons (Fsp3) is 0.690. The zero-order valence-corrected chi connectivity index (χ0v) is 24.9. The molecule has 0 radical (unpaired) electrons. The van der Waals surface area contributed by atoms with E-state index in [1.807, 2.05) is 32.0 Å². The van der Waals surface area contributed by atoms with E-state index in [1.165, 1.54) is 0 Å². The number of rotatable bonds is 15. The van der Waals surface area contributed by atoms with Crippen LogP contribution in [0, 0.1) is 13.8 Å². The second-order valence-electron chi connectivity index (χ2n) is 10.7. The van der Waals surface area contributed by atoms with Crippen LogP contribution in [0.15, 0.2) is 18.2 Å². The summed E-state index contributed by atoms with van der Waals surface area (Å²) in [5.74, 6) is -0.464. The van der Waals surface area contributed by atoms with E-state index >= 15 is 0 Å². The summed E-state index contributed by atoms with van der Waals surface area (Å²) in [6, 6.07) is 4.23. The van der Waals surface area contributed by atoms with Gasteiger partial charge in [-0.25, -0.2) is 4.79 Å². The van der Waals surface area contributed by atoms with Crippen LogP contribution < -0.4 is 10.6 Å². The number of hydrogen-bond acceptors (Lipinski definition) is 5. The third-order valence-electron chi connectivity index (χ3n) is 6.08. The molecule has 0 spiro atoms. The van der Waals surface area contributed by atoms with Crippen LogP contribution in [-0.2, 0) is 14.3 Å². The molecule has 0 aliphatic carbocycles. The van der Waals surface area contributed by atoms with Crippen molar-refractivity contribution in [1.29, 1.82) is 0 Å². The molecule has 0 saturated heterocycles. The van der Waals surface area contributed by atoms with Crippen LogP contribution in [0.3, 0.4) is 0 Å². The maximum absolute atomic E-state index is 14.0. The third kappa shape index (κ3) is 11.8. The highest BCUT2D eigenvalue weighted by Crippen LogP contribution is 2.27. The summed E-state index contributed by atoms with van der Waals surface area (Å²) in [5.41, 5.74) is 2.05. The van der Waals surface area contributed by atoms with Crippen molar-refractivity contribution in [2.24, 2.45) is 0 Å². The Hall–Kier alpha value is -2.22. The second-order valence-corrected chi connectivity index (χ2v) is 11.1. The van der Waals surface area contributed by atoms with Crippen LogP contribution in [0.1, 0.15) is 102 Å². The molecule has 2 unspecified atom stereocenters. The van der Waals surface area contributed by atoms with Gasteiger partial charge in [-0.1, -0.05) is 69.7 Å². The minimum Gasteiger partial charge on any atom is -0.444 e. The van der Waals surface area contributed by atoms with E-state index < -0.39 is 23.8 Å². The summed E-state index contributed by atoms with van der Waals surface area (Å²) in [5, 5.41) is 5.72. The first-order chi connectivity index (χ1) is 17.4. The molecule has 0 heterocycles. The number of carbonyl (C=O) groups excluding carboxylic acids is 3. The molecule has 7 nitrogen and oxygen atoms in total. The molecule has 1 rings (SSSR count). The molecule has 0 aliphatic rings. The first kappa shape index (κ1) is 32.8. The lowest BCUT2D eigenvalue weighted by Crippen LogP contribution is -2.54. The van der Waals surface area contributed by atoms with Gasteiger partial charge in [0.15, 0.2) is 0 Å². The Morgan fingerprint density at radius 1 is 1.00 bits per heavy atom. The summed E-state index contributed by atoms with van der Waals surface area (Å²) in [6.45, 7) is 14.4. The highest BCUT2D eigenvalue weighted by molar-refractivity contribution is 7.80. The topological polar surface area (TPSA) is 87.7 Å². The molecule has 0 bridgehead atoms. The third-order valence-corrected chi connectivity index (χ3v) is 6.44. The Balaban J connectivity index is 3.40. The number of carbonyl (C=O) groups is 3. The lowest BCUT2D eigenvalue weighted by atomic mass is 9.95. The highest BCUT2D eigenvalue weighted by atomic mass is 32.1. The zero-order chi connectivity index (χ0) is 28.0. The van der Waals surface area contributed by atoms with Crippen molar-refractivity contribution in [3.63, 3.8) is 0 Å². The van der Waals surface area contributed by atoms with E-state index in [1.54, 1.807) is 25.7 Å². The number of thiol groups is 1. The fourth-order valence-corrected chi connectivity index (χ4v) is 4.33. The van der Waals surface area contributed by atoms with Gasteiger partial charge in [-0.2, -0.15) is 12.6 Å². The summed E-state index contributed by atoms with van der Waals surface area (Å²) in [7, 11) is 0. The average Bonchev–Trinajstić information content (AvgIpc) is 2.82. The van der Waals surface area contributed by atoms with Crippen molar-refractivity contribution in [1.82, 2.24) is 15.5 Å². The van der Waals surface area contributed by atoms with Gasteiger partial charge in [0.1, 0.15) is 17.7 Å². The molecule has 0 saturated carbocycles. The van der Waals surface area contributed by atoms with Crippen molar-refractivity contribution in [3.8, 4) is 0 Å². The molecule has 0 aliphatic heterocycles. The summed E-state index contributed by atoms with van der Waals surface area (Å²) >= 11 is 4.37. The van der Waals surface area contributed by atoms with Crippen molar-refractivity contribution < 1.29 is 19.1 Å². The van der Waals surface area contributed by atoms with Gasteiger partial charge >= 0.3 is 6.09 Å². The number of alkyl carbamates (subject to hydrolysis) is 1. The highest BCUT2D eigenvalue weighted by Gasteiger charge is 2.36. The van der Waals surface area contributed by atoms with Crippen LogP contribution >= 0.6 is 12.6 Å². The molecule has 210 valence electrons. The SMILES string of the molecule is CCCCCCCN(C(=O)C(CS)NC(=O)OC(C)(C)C)C(C(=O)NCCCC)c1cc(C)ccc1C. The number of nitrogens with one attached hydrogen (secondary N) is 2. The largest absolute Gasteiger partial charge is 0.444 e. The van der Waals surface area contributed by atoms with Gasteiger partial charge in [0.05, 0.1) is 0 Å². The standard InChI is InChI=1S/C29H49N3O4S/c1-8-10-12-13-14-18-32(27(34)24(20-37)31-28(35)36-29(5,6)7)25(26(33)30-17-11-9-2)23-19-21(3)15-16-22(23)4/h15-16,19,24-25,37H,8-14,17-18,20H2,1-7H3,(H,30,33)(H,31,35). The predicted molar refractivity (Wildman–Crippen MR) is 154 cm³/mol. The lowest BCUT2D eigenvalue weighted by Gasteiger charge is -2.35. The number of aryl methyl sites for hydroxylation is 2. The Kier molecular flexibility index (Phi) is 14.7.